The Morgan fingerprint density at radius 2 is 2.00 bits per heavy atom. The van der Waals surface area contributed by atoms with Gasteiger partial charge in [-0.1, -0.05) is 0 Å². The van der Waals surface area contributed by atoms with Gasteiger partial charge in [-0.05, 0) is 43.2 Å². The van der Waals surface area contributed by atoms with Gasteiger partial charge >= 0.3 is 21.2 Å². The summed E-state index contributed by atoms with van der Waals surface area (Å²) in [7, 11) is 1.71. The largest absolute Gasteiger partial charge is 0.497 e. The van der Waals surface area contributed by atoms with Crippen molar-refractivity contribution in [1.82, 2.24) is 0 Å². The van der Waals surface area contributed by atoms with Crippen LogP contribution in [0, 0.1) is 3.57 Å². The van der Waals surface area contributed by atoms with Gasteiger partial charge in [0.1, 0.15) is 5.75 Å². The first-order valence-electron chi connectivity index (χ1n) is 4.86. The molecule has 0 fully saturated rings. The maximum atomic E-state index is 5.14. The number of methoxy groups -OCH3 is 1. The zero-order valence-electron chi connectivity index (χ0n) is 8.29. The Bertz CT molecular complexity index is 327. The van der Waals surface area contributed by atoms with Crippen LogP contribution in [0.15, 0.2) is 33.9 Å². The van der Waals surface area contributed by atoms with Gasteiger partial charge in [-0.25, -0.2) is 0 Å². The fraction of sp³-hybridized carbons (Fsp3) is 0.333. The van der Waals surface area contributed by atoms with E-state index < -0.39 is 0 Å². The van der Waals surface area contributed by atoms with E-state index in [0.717, 1.165) is 5.75 Å². The Labute approximate surface area is 95.4 Å². The van der Waals surface area contributed by atoms with Crippen LogP contribution >= 0.6 is 0 Å². The van der Waals surface area contributed by atoms with Crippen molar-refractivity contribution in [1.29, 1.82) is 0 Å². The van der Waals surface area contributed by atoms with Crippen molar-refractivity contribution in [2.75, 3.05) is 7.11 Å². The average molecular weight is 301 g/mol. The molecule has 2 rings (SSSR count). The van der Waals surface area contributed by atoms with E-state index >= 15 is 0 Å². The number of ether oxygens (including phenoxy) is 1. The third-order valence-corrected chi connectivity index (χ3v) is 5.28. The molecule has 0 N–H and O–H groups in total. The Hall–Kier alpha value is -0.510. The summed E-state index contributed by atoms with van der Waals surface area (Å²) in [6, 6.07) is 8.52. The van der Waals surface area contributed by atoms with E-state index in [1.807, 2.05) is 0 Å². The Kier molecular flexibility index (Phi) is 3.45. The molecule has 0 unspecified atom stereocenters. The van der Waals surface area contributed by atoms with Gasteiger partial charge in [0.15, 0.2) is 7.15 Å². The van der Waals surface area contributed by atoms with Crippen LogP contribution in [0.3, 0.4) is 0 Å². The summed E-state index contributed by atoms with van der Waals surface area (Å²) in [4.78, 5) is 0. The summed E-state index contributed by atoms with van der Waals surface area (Å²) >= 11 is 0.111. The molecular formula is C12H14IO+. The van der Waals surface area contributed by atoms with Crippen LogP contribution in [-0.4, -0.2) is 7.11 Å². The Morgan fingerprint density at radius 3 is 2.57 bits per heavy atom. The molecule has 0 saturated carbocycles. The summed E-state index contributed by atoms with van der Waals surface area (Å²) in [6.45, 7) is 0. The minimum atomic E-state index is 0.111. The second-order valence-electron chi connectivity index (χ2n) is 3.30. The lowest BCUT2D eigenvalue weighted by atomic mass is 10.3. The molecule has 0 aliphatic heterocycles. The molecule has 1 aromatic carbocycles. The van der Waals surface area contributed by atoms with Crippen LogP contribution in [0.2, 0.25) is 0 Å². The molecule has 14 heavy (non-hydrogen) atoms. The molecule has 0 atom stereocenters. The number of hydrogen-bond donors (Lipinski definition) is 0. The highest BCUT2D eigenvalue weighted by atomic mass is 127. The van der Waals surface area contributed by atoms with Crippen LogP contribution < -0.4 is 25.9 Å². The highest BCUT2D eigenvalue weighted by Crippen LogP contribution is 2.10. The number of halogens is 1. The fourth-order valence-corrected chi connectivity index (χ4v) is 4.19. The molecular weight excluding hydrogens is 287 g/mol. The van der Waals surface area contributed by atoms with Crippen molar-refractivity contribution in [2.45, 2.75) is 19.3 Å². The van der Waals surface area contributed by atoms with Gasteiger partial charge in [-0.15, -0.1) is 0 Å². The molecule has 2 heteroatoms. The van der Waals surface area contributed by atoms with Gasteiger partial charge in [0.25, 0.3) is 0 Å². The SMILES string of the molecule is COc1ccc([I+]C2=CCCC2)cc1. The number of rotatable bonds is 3. The number of hydrogen-bond acceptors (Lipinski definition) is 1. The molecule has 0 radical (unpaired) electrons. The van der Waals surface area contributed by atoms with Crippen LogP contribution in [0.4, 0.5) is 0 Å². The predicted octanol–water partition coefficient (Wildman–Crippen LogP) is 0.0216. The fourth-order valence-electron chi connectivity index (χ4n) is 1.49. The molecule has 1 aromatic rings. The molecule has 74 valence electrons. The van der Waals surface area contributed by atoms with Crippen LogP contribution in [0.25, 0.3) is 0 Å². The summed E-state index contributed by atoms with van der Waals surface area (Å²) in [6.07, 6.45) is 6.42. The molecule has 0 heterocycles. The Balaban J connectivity index is 2.02. The first-order chi connectivity index (χ1) is 6.88. The maximum absolute atomic E-state index is 5.14. The topological polar surface area (TPSA) is 9.23 Å². The Morgan fingerprint density at radius 1 is 1.21 bits per heavy atom. The summed E-state index contributed by atoms with van der Waals surface area (Å²) in [5.41, 5.74) is 0. The van der Waals surface area contributed by atoms with Gasteiger partial charge in [0, 0.05) is 6.42 Å². The van der Waals surface area contributed by atoms with E-state index in [9.17, 15) is 0 Å². The first-order valence-corrected chi connectivity index (χ1v) is 7.02. The minimum absolute atomic E-state index is 0.111. The molecule has 0 saturated heterocycles. The molecule has 0 aromatic heterocycles. The lowest BCUT2D eigenvalue weighted by molar-refractivity contribution is -0.578. The number of allylic oxidation sites excluding steroid dienone is 2. The van der Waals surface area contributed by atoms with Gasteiger partial charge < -0.3 is 4.74 Å². The van der Waals surface area contributed by atoms with Crippen molar-refractivity contribution < 1.29 is 25.9 Å². The quantitative estimate of drug-likeness (QED) is 0.716. The predicted molar refractivity (Wildman–Crippen MR) is 53.6 cm³/mol. The third-order valence-electron chi connectivity index (χ3n) is 2.27. The van der Waals surface area contributed by atoms with Crippen LogP contribution in [0.1, 0.15) is 19.3 Å². The van der Waals surface area contributed by atoms with Crippen LogP contribution in [0.5, 0.6) is 5.75 Å². The molecule has 1 nitrogen and oxygen atoms in total. The zero-order chi connectivity index (χ0) is 9.80. The van der Waals surface area contributed by atoms with Crippen molar-refractivity contribution in [2.24, 2.45) is 0 Å². The maximum Gasteiger partial charge on any atom is 0.352 e. The second-order valence-corrected chi connectivity index (χ2v) is 6.47. The molecule has 0 spiro atoms. The van der Waals surface area contributed by atoms with Gasteiger partial charge in [0.05, 0.1) is 7.11 Å². The van der Waals surface area contributed by atoms with Crippen LogP contribution in [-0.2, 0) is 0 Å². The van der Waals surface area contributed by atoms with Crippen molar-refractivity contribution in [3.63, 3.8) is 0 Å². The standard InChI is InChI=1S/C12H14IO/c1-14-12-8-6-11(7-9-12)13-10-4-2-3-5-10/h4,6-9H,2-3,5H2,1H3/q+1. The van der Waals surface area contributed by atoms with Gasteiger partial charge in [-0.2, -0.15) is 0 Å². The second kappa shape index (κ2) is 4.82. The van der Waals surface area contributed by atoms with Crippen molar-refractivity contribution in [3.05, 3.63) is 37.5 Å². The van der Waals surface area contributed by atoms with E-state index in [-0.39, 0.29) is 21.2 Å². The normalized spacial score (nSPS) is 15.4. The highest BCUT2D eigenvalue weighted by molar-refractivity contribution is 5.20. The number of benzene rings is 1. The van der Waals surface area contributed by atoms with Gasteiger partial charge in [-0.3, -0.25) is 0 Å². The smallest absolute Gasteiger partial charge is 0.352 e. The molecule has 0 amide bonds. The molecule has 1 aliphatic rings. The lowest BCUT2D eigenvalue weighted by Crippen LogP contribution is -3.60. The van der Waals surface area contributed by atoms with E-state index in [1.54, 1.807) is 10.7 Å². The zero-order valence-corrected chi connectivity index (χ0v) is 10.5. The van der Waals surface area contributed by atoms with E-state index in [0.29, 0.717) is 0 Å². The minimum Gasteiger partial charge on any atom is -0.497 e. The highest BCUT2D eigenvalue weighted by Gasteiger charge is 2.21. The summed E-state index contributed by atoms with van der Waals surface area (Å²) < 4.78 is 8.34. The average Bonchev–Trinajstić information content (AvgIpc) is 2.72. The lowest BCUT2D eigenvalue weighted by Gasteiger charge is -1.95. The monoisotopic (exact) mass is 301 g/mol. The van der Waals surface area contributed by atoms with E-state index in [1.165, 1.54) is 22.8 Å². The van der Waals surface area contributed by atoms with Gasteiger partial charge in [0.2, 0.25) is 0 Å². The molecule has 1 aliphatic carbocycles. The van der Waals surface area contributed by atoms with Crippen molar-refractivity contribution >= 4 is 0 Å². The molecule has 0 bridgehead atoms. The van der Waals surface area contributed by atoms with Crippen molar-refractivity contribution in [3.8, 4) is 5.75 Å². The van der Waals surface area contributed by atoms with E-state index in [4.69, 9.17) is 4.74 Å². The van der Waals surface area contributed by atoms with E-state index in [2.05, 4.69) is 30.3 Å². The first kappa shape index (κ1) is 10.0. The summed E-state index contributed by atoms with van der Waals surface area (Å²) in [5.74, 6) is 0.957. The summed E-state index contributed by atoms with van der Waals surface area (Å²) in [5, 5.41) is 0. The third kappa shape index (κ3) is 2.50.